The minimum Gasteiger partial charge on any atom is -0.481 e. The van der Waals surface area contributed by atoms with Crippen molar-refractivity contribution in [2.45, 2.75) is 26.9 Å². The van der Waals surface area contributed by atoms with Gasteiger partial charge in [0.2, 0.25) is 0 Å². The van der Waals surface area contributed by atoms with Crippen LogP contribution in [0.25, 0.3) is 0 Å². The lowest BCUT2D eigenvalue weighted by Crippen LogP contribution is -2.27. The molecule has 0 aliphatic rings. The zero-order valence-corrected chi connectivity index (χ0v) is 10.1. The van der Waals surface area contributed by atoms with Crippen LogP contribution in [0.2, 0.25) is 0 Å². The molecule has 0 fully saturated rings. The van der Waals surface area contributed by atoms with Crippen LogP contribution in [0.1, 0.15) is 31.1 Å². The fraction of sp³-hybridized carbons (Fsp3) is 0.462. The van der Waals surface area contributed by atoms with Gasteiger partial charge >= 0.3 is 5.97 Å². The Morgan fingerprint density at radius 1 is 1.35 bits per heavy atom. The van der Waals surface area contributed by atoms with Crippen molar-refractivity contribution in [2.24, 2.45) is 11.8 Å². The highest BCUT2D eigenvalue weighted by Crippen LogP contribution is 2.30. The van der Waals surface area contributed by atoms with Crippen molar-refractivity contribution in [1.29, 1.82) is 0 Å². The van der Waals surface area contributed by atoms with E-state index in [1.807, 2.05) is 0 Å². The Bertz CT molecular complexity index is 415. The zero-order valence-electron chi connectivity index (χ0n) is 10.1. The largest absolute Gasteiger partial charge is 0.481 e. The third-order valence-corrected chi connectivity index (χ3v) is 2.81. The van der Waals surface area contributed by atoms with Crippen LogP contribution < -0.4 is 0 Å². The van der Waals surface area contributed by atoms with Crippen LogP contribution in [-0.2, 0) is 4.79 Å². The van der Waals surface area contributed by atoms with Crippen molar-refractivity contribution < 1.29 is 19.4 Å². The van der Waals surface area contributed by atoms with Crippen molar-refractivity contribution in [3.05, 3.63) is 35.1 Å². The minimum absolute atomic E-state index is 0.0473. The van der Waals surface area contributed by atoms with Crippen LogP contribution in [-0.4, -0.2) is 16.2 Å². The van der Waals surface area contributed by atoms with Gasteiger partial charge in [0.25, 0.3) is 0 Å². The van der Waals surface area contributed by atoms with Gasteiger partial charge in [-0.25, -0.2) is 4.39 Å². The van der Waals surface area contributed by atoms with E-state index in [-0.39, 0.29) is 11.5 Å². The quantitative estimate of drug-likeness (QED) is 0.850. The van der Waals surface area contributed by atoms with Gasteiger partial charge in [0.15, 0.2) is 0 Å². The lowest BCUT2D eigenvalue weighted by atomic mass is 9.86. The molecule has 0 saturated carbocycles. The molecular formula is C13H17FO3. The lowest BCUT2D eigenvalue weighted by Gasteiger charge is -2.23. The number of halogens is 1. The molecule has 0 aliphatic carbocycles. The molecule has 3 nitrogen and oxygen atoms in total. The summed E-state index contributed by atoms with van der Waals surface area (Å²) < 4.78 is 13.6. The Morgan fingerprint density at radius 2 is 1.94 bits per heavy atom. The molecule has 1 rings (SSSR count). The van der Waals surface area contributed by atoms with E-state index in [0.29, 0.717) is 0 Å². The van der Waals surface area contributed by atoms with Crippen LogP contribution in [0.4, 0.5) is 4.39 Å². The van der Waals surface area contributed by atoms with E-state index in [1.54, 1.807) is 26.8 Å². The maximum Gasteiger partial charge on any atom is 0.309 e. The van der Waals surface area contributed by atoms with E-state index in [4.69, 9.17) is 5.11 Å². The molecule has 0 bridgehead atoms. The van der Waals surface area contributed by atoms with Crippen molar-refractivity contribution in [3.63, 3.8) is 0 Å². The minimum atomic E-state index is -1.33. The number of aliphatic carboxylic acids is 1. The summed E-state index contributed by atoms with van der Waals surface area (Å²) in [4.78, 5) is 11.1. The smallest absolute Gasteiger partial charge is 0.309 e. The van der Waals surface area contributed by atoms with Gasteiger partial charge in [0.1, 0.15) is 5.82 Å². The van der Waals surface area contributed by atoms with Crippen molar-refractivity contribution in [2.75, 3.05) is 0 Å². The van der Waals surface area contributed by atoms with Gasteiger partial charge in [-0.15, -0.1) is 0 Å². The summed E-state index contributed by atoms with van der Waals surface area (Å²) in [6, 6.07) is 4.31. The zero-order chi connectivity index (χ0) is 13.2. The number of carboxylic acid groups (broad SMARTS) is 1. The number of hydrogen-bond acceptors (Lipinski definition) is 2. The summed E-state index contributed by atoms with van der Waals surface area (Å²) >= 11 is 0. The molecule has 0 radical (unpaired) electrons. The molecule has 2 atom stereocenters. The first kappa shape index (κ1) is 13.6. The van der Waals surface area contributed by atoms with E-state index in [1.165, 1.54) is 12.1 Å². The fourth-order valence-electron chi connectivity index (χ4n) is 1.87. The maximum atomic E-state index is 13.6. The average Bonchev–Trinajstić information content (AvgIpc) is 2.20. The Kier molecular flexibility index (Phi) is 4.23. The van der Waals surface area contributed by atoms with Crippen LogP contribution >= 0.6 is 0 Å². The molecule has 0 aromatic heterocycles. The fourth-order valence-corrected chi connectivity index (χ4v) is 1.87. The highest BCUT2D eigenvalue weighted by molar-refractivity contribution is 5.71. The summed E-state index contributed by atoms with van der Waals surface area (Å²) in [6.45, 7) is 5.15. The number of rotatable bonds is 4. The molecule has 0 aliphatic heterocycles. The number of aryl methyl sites for hydroxylation is 1. The van der Waals surface area contributed by atoms with E-state index in [9.17, 15) is 14.3 Å². The molecular weight excluding hydrogens is 223 g/mol. The number of aliphatic hydroxyl groups is 1. The third kappa shape index (κ3) is 3.03. The van der Waals surface area contributed by atoms with Gasteiger partial charge in [-0.2, -0.15) is 0 Å². The first-order valence-electron chi connectivity index (χ1n) is 5.51. The molecule has 1 aromatic carbocycles. The molecule has 0 spiro atoms. The van der Waals surface area contributed by atoms with Gasteiger partial charge in [-0.3, -0.25) is 4.79 Å². The standard InChI is InChI=1S/C13H17FO3/c1-7(2)11(13(16)17)12(15)9-6-8(3)4-5-10(9)14/h4-7,11-12,15H,1-3H3,(H,16,17). The van der Waals surface area contributed by atoms with Crippen LogP contribution in [0.3, 0.4) is 0 Å². The van der Waals surface area contributed by atoms with Crippen molar-refractivity contribution >= 4 is 5.97 Å². The first-order chi connectivity index (χ1) is 7.84. The summed E-state index contributed by atoms with van der Waals surface area (Å²) in [5, 5.41) is 19.1. The van der Waals surface area contributed by atoms with Crippen LogP contribution in [0, 0.1) is 24.6 Å². The number of carboxylic acids is 1. The van der Waals surface area contributed by atoms with E-state index in [0.717, 1.165) is 5.56 Å². The SMILES string of the molecule is Cc1ccc(F)c(C(O)C(C(=O)O)C(C)C)c1. The highest BCUT2D eigenvalue weighted by atomic mass is 19.1. The van der Waals surface area contributed by atoms with Crippen molar-refractivity contribution in [3.8, 4) is 0 Å². The second-order valence-corrected chi connectivity index (χ2v) is 4.58. The first-order valence-corrected chi connectivity index (χ1v) is 5.51. The number of carbonyl (C=O) groups is 1. The van der Waals surface area contributed by atoms with E-state index < -0.39 is 23.8 Å². The summed E-state index contributed by atoms with van der Waals surface area (Å²) in [5.41, 5.74) is 0.833. The normalized spacial score (nSPS) is 14.7. The third-order valence-electron chi connectivity index (χ3n) is 2.81. The molecule has 0 heterocycles. The number of aliphatic hydroxyl groups excluding tert-OH is 1. The molecule has 17 heavy (non-hydrogen) atoms. The Balaban J connectivity index is 3.13. The van der Waals surface area contributed by atoms with Gasteiger partial charge in [0, 0.05) is 5.56 Å². The highest BCUT2D eigenvalue weighted by Gasteiger charge is 2.32. The van der Waals surface area contributed by atoms with Gasteiger partial charge in [0.05, 0.1) is 12.0 Å². The number of hydrogen-bond donors (Lipinski definition) is 2. The van der Waals surface area contributed by atoms with Gasteiger partial charge < -0.3 is 10.2 Å². The van der Waals surface area contributed by atoms with Crippen LogP contribution in [0.5, 0.6) is 0 Å². The molecule has 0 amide bonds. The summed E-state index contributed by atoms with van der Waals surface area (Å²) in [7, 11) is 0. The molecule has 2 N–H and O–H groups in total. The predicted molar refractivity (Wildman–Crippen MR) is 62.1 cm³/mol. The monoisotopic (exact) mass is 240 g/mol. The van der Waals surface area contributed by atoms with E-state index in [2.05, 4.69) is 0 Å². The second-order valence-electron chi connectivity index (χ2n) is 4.58. The Labute approximate surface area is 99.9 Å². The molecule has 0 saturated heterocycles. The van der Waals surface area contributed by atoms with Gasteiger partial charge in [-0.1, -0.05) is 31.5 Å². The average molecular weight is 240 g/mol. The summed E-state index contributed by atoms with van der Waals surface area (Å²) in [5.74, 6) is -2.97. The predicted octanol–water partition coefficient (Wildman–Crippen LogP) is 2.52. The Morgan fingerprint density at radius 3 is 2.41 bits per heavy atom. The molecule has 1 aromatic rings. The van der Waals surface area contributed by atoms with Crippen LogP contribution in [0.15, 0.2) is 18.2 Å². The molecule has 2 unspecified atom stereocenters. The molecule has 94 valence electrons. The maximum absolute atomic E-state index is 13.6. The van der Waals surface area contributed by atoms with Crippen molar-refractivity contribution in [1.82, 2.24) is 0 Å². The Hall–Kier alpha value is -1.42. The number of benzene rings is 1. The topological polar surface area (TPSA) is 57.5 Å². The lowest BCUT2D eigenvalue weighted by molar-refractivity contribution is -0.148. The molecule has 4 heteroatoms. The second kappa shape index (κ2) is 5.27. The van der Waals surface area contributed by atoms with Gasteiger partial charge in [-0.05, 0) is 18.9 Å². The van der Waals surface area contributed by atoms with E-state index >= 15 is 0 Å². The summed E-state index contributed by atoms with van der Waals surface area (Å²) in [6.07, 6.45) is -1.33.